The molecule has 3 aromatic rings. The van der Waals surface area contributed by atoms with E-state index in [4.69, 9.17) is 0 Å². The molecule has 0 spiro atoms. The van der Waals surface area contributed by atoms with E-state index >= 15 is 0 Å². The Morgan fingerprint density at radius 3 is 2.57 bits per heavy atom. The lowest BCUT2D eigenvalue weighted by molar-refractivity contribution is 0.102. The molecule has 0 atom stereocenters. The Bertz CT molecular complexity index is 762. The predicted molar refractivity (Wildman–Crippen MR) is 83.2 cm³/mol. The van der Waals surface area contributed by atoms with E-state index in [2.05, 4.69) is 15.5 Å². The lowest BCUT2D eigenvalue weighted by Crippen LogP contribution is -2.11. The van der Waals surface area contributed by atoms with Gasteiger partial charge in [-0.15, -0.1) is 0 Å². The topological polar surface area (TPSA) is 57.8 Å². The van der Waals surface area contributed by atoms with Crippen molar-refractivity contribution in [2.24, 2.45) is 0 Å². The van der Waals surface area contributed by atoms with Crippen LogP contribution in [0.5, 0.6) is 0 Å². The van der Waals surface area contributed by atoms with Crippen molar-refractivity contribution in [2.45, 2.75) is 6.92 Å². The molecule has 3 rings (SSSR count). The molecule has 0 aliphatic carbocycles. The second-order valence-corrected chi connectivity index (χ2v) is 4.84. The molecule has 1 amide bonds. The van der Waals surface area contributed by atoms with Crippen LogP contribution in [0.15, 0.2) is 60.7 Å². The standard InChI is InChI=1S/C17H15N3O/c1-12-10-16(20-19-12)14-8-5-9-15(11-14)18-17(21)13-6-3-2-4-7-13/h2-11H,1H3,(H,18,21)(H,19,20). The molecule has 0 radical (unpaired) electrons. The Kier molecular flexibility index (Phi) is 3.51. The lowest BCUT2D eigenvalue weighted by atomic mass is 10.1. The van der Waals surface area contributed by atoms with Crippen LogP contribution in [0.25, 0.3) is 11.3 Å². The number of aromatic nitrogens is 2. The maximum atomic E-state index is 12.1. The molecule has 0 aliphatic heterocycles. The summed E-state index contributed by atoms with van der Waals surface area (Å²) >= 11 is 0. The quantitative estimate of drug-likeness (QED) is 0.768. The van der Waals surface area contributed by atoms with Crippen LogP contribution in [-0.4, -0.2) is 16.1 Å². The summed E-state index contributed by atoms with van der Waals surface area (Å²) in [5.74, 6) is -0.119. The van der Waals surface area contributed by atoms with Crippen LogP contribution in [0.3, 0.4) is 0 Å². The smallest absolute Gasteiger partial charge is 0.255 e. The largest absolute Gasteiger partial charge is 0.322 e. The van der Waals surface area contributed by atoms with Gasteiger partial charge in [-0.2, -0.15) is 5.10 Å². The highest BCUT2D eigenvalue weighted by molar-refractivity contribution is 6.04. The van der Waals surface area contributed by atoms with E-state index in [1.807, 2.05) is 55.5 Å². The molecule has 4 heteroatoms. The maximum Gasteiger partial charge on any atom is 0.255 e. The van der Waals surface area contributed by atoms with Gasteiger partial charge in [0.15, 0.2) is 0 Å². The SMILES string of the molecule is Cc1cc(-c2cccc(NC(=O)c3ccccc3)c2)n[nH]1. The third-order valence-electron chi connectivity index (χ3n) is 3.16. The van der Waals surface area contributed by atoms with Gasteiger partial charge in [0, 0.05) is 22.5 Å². The number of benzene rings is 2. The number of hydrogen-bond acceptors (Lipinski definition) is 2. The average Bonchev–Trinajstić information content (AvgIpc) is 2.95. The second kappa shape index (κ2) is 5.63. The highest BCUT2D eigenvalue weighted by Crippen LogP contribution is 2.21. The number of aromatic amines is 1. The van der Waals surface area contributed by atoms with Crippen LogP contribution in [0.1, 0.15) is 16.1 Å². The van der Waals surface area contributed by atoms with Gasteiger partial charge in [-0.1, -0.05) is 30.3 Å². The van der Waals surface area contributed by atoms with Crippen LogP contribution in [0, 0.1) is 6.92 Å². The van der Waals surface area contributed by atoms with Crippen LogP contribution in [0.4, 0.5) is 5.69 Å². The highest BCUT2D eigenvalue weighted by atomic mass is 16.1. The number of carbonyl (C=O) groups excluding carboxylic acids is 1. The summed E-state index contributed by atoms with van der Waals surface area (Å²) in [6.07, 6.45) is 0. The molecule has 21 heavy (non-hydrogen) atoms. The van der Waals surface area contributed by atoms with Gasteiger partial charge in [-0.25, -0.2) is 0 Å². The summed E-state index contributed by atoms with van der Waals surface area (Å²) in [7, 11) is 0. The Labute approximate surface area is 122 Å². The first kappa shape index (κ1) is 13.1. The fourth-order valence-electron chi connectivity index (χ4n) is 2.11. The molecule has 0 fully saturated rings. The van der Waals surface area contributed by atoms with E-state index in [1.165, 1.54) is 0 Å². The fraction of sp³-hybridized carbons (Fsp3) is 0.0588. The lowest BCUT2D eigenvalue weighted by Gasteiger charge is -2.06. The van der Waals surface area contributed by atoms with Gasteiger partial charge < -0.3 is 5.32 Å². The Hall–Kier alpha value is -2.88. The van der Waals surface area contributed by atoms with Crippen molar-refractivity contribution >= 4 is 11.6 Å². The summed E-state index contributed by atoms with van der Waals surface area (Å²) in [6.45, 7) is 1.96. The number of carbonyl (C=O) groups is 1. The molecule has 4 nitrogen and oxygen atoms in total. The summed E-state index contributed by atoms with van der Waals surface area (Å²) in [4.78, 5) is 12.1. The number of rotatable bonds is 3. The van der Waals surface area contributed by atoms with Crippen molar-refractivity contribution in [3.05, 3.63) is 71.9 Å². The minimum absolute atomic E-state index is 0.119. The molecular formula is C17H15N3O. The van der Waals surface area contributed by atoms with Gasteiger partial charge in [0.25, 0.3) is 5.91 Å². The van der Waals surface area contributed by atoms with Gasteiger partial charge in [0.05, 0.1) is 5.69 Å². The monoisotopic (exact) mass is 277 g/mol. The van der Waals surface area contributed by atoms with E-state index in [9.17, 15) is 4.79 Å². The number of nitrogens with zero attached hydrogens (tertiary/aromatic N) is 1. The van der Waals surface area contributed by atoms with Gasteiger partial charge in [-0.3, -0.25) is 9.89 Å². The number of anilines is 1. The Morgan fingerprint density at radius 2 is 1.86 bits per heavy atom. The van der Waals surface area contributed by atoms with Crippen LogP contribution in [0.2, 0.25) is 0 Å². The van der Waals surface area contributed by atoms with E-state index in [1.54, 1.807) is 12.1 Å². The predicted octanol–water partition coefficient (Wildman–Crippen LogP) is 3.64. The summed E-state index contributed by atoms with van der Waals surface area (Å²) < 4.78 is 0. The molecule has 0 saturated heterocycles. The number of amides is 1. The third kappa shape index (κ3) is 3.00. The average molecular weight is 277 g/mol. The molecule has 0 bridgehead atoms. The normalized spacial score (nSPS) is 10.3. The van der Waals surface area contributed by atoms with Gasteiger partial charge in [0.2, 0.25) is 0 Å². The summed E-state index contributed by atoms with van der Waals surface area (Å²) in [6, 6.07) is 18.8. The van der Waals surface area contributed by atoms with Crippen molar-refractivity contribution in [3.63, 3.8) is 0 Å². The van der Waals surface area contributed by atoms with E-state index in [-0.39, 0.29) is 5.91 Å². The summed E-state index contributed by atoms with van der Waals surface area (Å²) in [5.41, 5.74) is 4.22. The first-order chi connectivity index (χ1) is 10.2. The van der Waals surface area contributed by atoms with Crippen molar-refractivity contribution < 1.29 is 4.79 Å². The molecular weight excluding hydrogens is 262 g/mol. The molecule has 1 heterocycles. The minimum atomic E-state index is -0.119. The third-order valence-corrected chi connectivity index (χ3v) is 3.16. The molecule has 0 aliphatic rings. The van der Waals surface area contributed by atoms with E-state index in [0.29, 0.717) is 5.56 Å². The zero-order valence-electron chi connectivity index (χ0n) is 11.6. The van der Waals surface area contributed by atoms with Gasteiger partial charge in [-0.05, 0) is 37.3 Å². The number of nitrogens with one attached hydrogen (secondary N) is 2. The van der Waals surface area contributed by atoms with Crippen molar-refractivity contribution in [1.29, 1.82) is 0 Å². The van der Waals surface area contributed by atoms with Crippen molar-refractivity contribution in [1.82, 2.24) is 10.2 Å². The summed E-state index contributed by atoms with van der Waals surface area (Å²) in [5, 5.41) is 10.0. The van der Waals surface area contributed by atoms with Crippen molar-refractivity contribution in [3.8, 4) is 11.3 Å². The first-order valence-electron chi connectivity index (χ1n) is 6.71. The minimum Gasteiger partial charge on any atom is -0.322 e. The molecule has 0 saturated carbocycles. The molecule has 2 N–H and O–H groups in total. The fourth-order valence-corrected chi connectivity index (χ4v) is 2.11. The Balaban J connectivity index is 1.82. The zero-order chi connectivity index (χ0) is 14.7. The number of aryl methyl sites for hydroxylation is 1. The number of hydrogen-bond donors (Lipinski definition) is 2. The maximum absolute atomic E-state index is 12.1. The highest BCUT2D eigenvalue weighted by Gasteiger charge is 2.07. The Morgan fingerprint density at radius 1 is 1.05 bits per heavy atom. The molecule has 1 aromatic heterocycles. The van der Waals surface area contributed by atoms with Gasteiger partial charge >= 0.3 is 0 Å². The molecule has 0 unspecified atom stereocenters. The van der Waals surface area contributed by atoms with E-state index in [0.717, 1.165) is 22.6 Å². The van der Waals surface area contributed by atoms with Gasteiger partial charge in [0.1, 0.15) is 0 Å². The number of H-pyrrole nitrogens is 1. The van der Waals surface area contributed by atoms with Crippen LogP contribution in [-0.2, 0) is 0 Å². The van der Waals surface area contributed by atoms with Crippen LogP contribution < -0.4 is 5.32 Å². The van der Waals surface area contributed by atoms with Crippen molar-refractivity contribution in [2.75, 3.05) is 5.32 Å². The van der Waals surface area contributed by atoms with Crippen LogP contribution >= 0.6 is 0 Å². The first-order valence-corrected chi connectivity index (χ1v) is 6.71. The molecule has 104 valence electrons. The van der Waals surface area contributed by atoms with E-state index < -0.39 is 0 Å². The zero-order valence-corrected chi connectivity index (χ0v) is 11.6. The molecule has 2 aromatic carbocycles. The second-order valence-electron chi connectivity index (χ2n) is 4.84.